The summed E-state index contributed by atoms with van der Waals surface area (Å²) < 4.78 is 17.4. The Morgan fingerprint density at radius 1 is 1.25 bits per heavy atom. The molecule has 1 aromatic carbocycles. The molecule has 1 atom stereocenters. The van der Waals surface area contributed by atoms with Crippen molar-refractivity contribution >= 4 is 39.1 Å². The van der Waals surface area contributed by atoms with Crippen LogP contribution in [-0.2, 0) is 4.79 Å². The van der Waals surface area contributed by atoms with Gasteiger partial charge in [-0.25, -0.2) is 15.0 Å². The van der Waals surface area contributed by atoms with E-state index in [0.29, 0.717) is 28.5 Å². The fraction of sp³-hybridized carbons (Fsp3) is 0.333. The molecule has 28 heavy (non-hydrogen) atoms. The summed E-state index contributed by atoms with van der Waals surface area (Å²) in [6, 6.07) is 3.40. The van der Waals surface area contributed by atoms with E-state index in [1.807, 2.05) is 19.9 Å². The van der Waals surface area contributed by atoms with Gasteiger partial charge in [0.15, 0.2) is 0 Å². The van der Waals surface area contributed by atoms with Crippen LogP contribution in [0, 0.1) is 0 Å². The number of ether oxygens (including phenoxy) is 3. The highest BCUT2D eigenvalue weighted by Gasteiger charge is 2.14. The van der Waals surface area contributed by atoms with Gasteiger partial charge in [-0.2, -0.15) is 0 Å². The lowest BCUT2D eigenvalue weighted by Crippen LogP contribution is -2.35. The van der Waals surface area contributed by atoms with Crippen molar-refractivity contribution in [1.82, 2.24) is 20.3 Å². The molecule has 0 unspecified atom stereocenters. The van der Waals surface area contributed by atoms with Crippen molar-refractivity contribution in [3.8, 4) is 22.7 Å². The normalized spacial score (nSPS) is 11.9. The Hall–Kier alpha value is -2.65. The molecule has 0 fully saturated rings. The van der Waals surface area contributed by atoms with E-state index in [9.17, 15) is 4.79 Å². The molecule has 0 bridgehead atoms. The number of amides is 1. The summed E-state index contributed by atoms with van der Waals surface area (Å²) in [5, 5.41) is 3.72. The van der Waals surface area contributed by atoms with Crippen LogP contribution < -0.4 is 19.5 Å². The molecular formula is C18H19ClN4O4S. The minimum atomic E-state index is -0.137. The Kier molecular flexibility index (Phi) is 6.48. The molecule has 0 radical (unpaired) electrons. The Labute approximate surface area is 170 Å². The van der Waals surface area contributed by atoms with Crippen LogP contribution in [0.15, 0.2) is 24.5 Å². The quantitative estimate of drug-likeness (QED) is 0.589. The number of halogens is 1. The second kappa shape index (κ2) is 9.03. The summed E-state index contributed by atoms with van der Waals surface area (Å²) in [7, 11) is 0. The molecule has 10 heteroatoms. The van der Waals surface area contributed by atoms with Gasteiger partial charge in [0.1, 0.15) is 17.4 Å². The number of fused-ring (bicyclic) bond motifs is 1. The van der Waals surface area contributed by atoms with Crippen LogP contribution in [0.5, 0.6) is 22.7 Å². The standard InChI is InChI=1S/C18H19ClN4O4S/c1-4-25-18-23-12-5-6-13(16(19)17(12)28-18)27-15-8-20-14(7-21-15)26-9-10(2)22-11(3)24/h5-8,10H,4,9H2,1-3H3,(H,22,24)/t10-/m0/s1. The Morgan fingerprint density at radius 3 is 2.68 bits per heavy atom. The zero-order valence-electron chi connectivity index (χ0n) is 15.6. The van der Waals surface area contributed by atoms with Crippen LogP contribution in [0.25, 0.3) is 10.2 Å². The van der Waals surface area contributed by atoms with Gasteiger partial charge in [-0.3, -0.25) is 4.79 Å². The maximum absolute atomic E-state index is 11.0. The average Bonchev–Trinajstić information content (AvgIpc) is 3.07. The van der Waals surface area contributed by atoms with Gasteiger partial charge in [0.2, 0.25) is 17.7 Å². The summed E-state index contributed by atoms with van der Waals surface area (Å²) in [4.78, 5) is 23.7. The molecule has 3 aromatic rings. The average molecular weight is 423 g/mol. The molecule has 1 N–H and O–H groups in total. The van der Waals surface area contributed by atoms with Crippen LogP contribution in [-0.4, -0.2) is 40.1 Å². The number of thiazole rings is 1. The van der Waals surface area contributed by atoms with Gasteiger partial charge in [-0.05, 0) is 26.0 Å². The topological polar surface area (TPSA) is 95.5 Å². The zero-order chi connectivity index (χ0) is 20.1. The number of aromatic nitrogens is 3. The molecular weight excluding hydrogens is 404 g/mol. The Morgan fingerprint density at radius 2 is 2.00 bits per heavy atom. The molecule has 2 aromatic heterocycles. The van der Waals surface area contributed by atoms with Gasteiger partial charge < -0.3 is 19.5 Å². The van der Waals surface area contributed by atoms with E-state index < -0.39 is 0 Å². The van der Waals surface area contributed by atoms with Gasteiger partial charge in [-0.15, -0.1) is 0 Å². The molecule has 148 valence electrons. The highest BCUT2D eigenvalue weighted by molar-refractivity contribution is 7.20. The lowest BCUT2D eigenvalue weighted by molar-refractivity contribution is -0.119. The van der Waals surface area contributed by atoms with E-state index in [4.69, 9.17) is 25.8 Å². The molecule has 0 spiro atoms. The predicted molar refractivity (Wildman–Crippen MR) is 107 cm³/mol. The van der Waals surface area contributed by atoms with Crippen LogP contribution in [0.1, 0.15) is 20.8 Å². The van der Waals surface area contributed by atoms with Crippen molar-refractivity contribution in [2.75, 3.05) is 13.2 Å². The first kappa shape index (κ1) is 20.1. The highest BCUT2D eigenvalue weighted by atomic mass is 35.5. The largest absolute Gasteiger partial charge is 0.474 e. The maximum Gasteiger partial charge on any atom is 0.274 e. The summed E-state index contributed by atoms with van der Waals surface area (Å²) in [6.45, 7) is 6.00. The number of nitrogens with zero attached hydrogens (tertiary/aromatic N) is 3. The first-order valence-electron chi connectivity index (χ1n) is 8.58. The number of nitrogens with one attached hydrogen (secondary N) is 1. The third-order valence-electron chi connectivity index (χ3n) is 3.46. The minimum Gasteiger partial charge on any atom is -0.474 e. The van der Waals surface area contributed by atoms with Gasteiger partial charge in [0.25, 0.3) is 5.19 Å². The van der Waals surface area contributed by atoms with Gasteiger partial charge >= 0.3 is 0 Å². The number of rotatable bonds is 8. The molecule has 8 nitrogen and oxygen atoms in total. The van der Waals surface area contributed by atoms with Crippen LogP contribution in [0.2, 0.25) is 5.02 Å². The second-order valence-corrected chi connectivity index (χ2v) is 7.19. The fourth-order valence-corrected chi connectivity index (χ4v) is 3.55. The molecule has 0 aliphatic heterocycles. The van der Waals surface area contributed by atoms with E-state index in [-0.39, 0.29) is 24.4 Å². The first-order valence-corrected chi connectivity index (χ1v) is 9.77. The number of carbonyl (C=O) groups is 1. The van der Waals surface area contributed by atoms with Crippen molar-refractivity contribution in [2.45, 2.75) is 26.8 Å². The number of hydrogen-bond donors (Lipinski definition) is 1. The molecule has 0 saturated heterocycles. The van der Waals surface area contributed by atoms with Crippen molar-refractivity contribution in [2.24, 2.45) is 0 Å². The Balaban J connectivity index is 1.66. The molecule has 2 heterocycles. The zero-order valence-corrected chi connectivity index (χ0v) is 17.1. The molecule has 0 aliphatic carbocycles. The van der Waals surface area contributed by atoms with Gasteiger partial charge in [0.05, 0.1) is 35.3 Å². The van der Waals surface area contributed by atoms with Crippen LogP contribution in [0.4, 0.5) is 0 Å². The van der Waals surface area contributed by atoms with E-state index in [0.717, 1.165) is 10.2 Å². The molecule has 0 saturated carbocycles. The lowest BCUT2D eigenvalue weighted by Gasteiger charge is -2.13. The Bertz CT molecular complexity index is 964. The van der Waals surface area contributed by atoms with E-state index in [1.54, 1.807) is 6.07 Å². The SMILES string of the molecule is CCOc1nc2ccc(Oc3cnc(OC[C@H](C)NC(C)=O)cn3)c(Cl)c2s1. The van der Waals surface area contributed by atoms with E-state index in [1.165, 1.54) is 30.7 Å². The van der Waals surface area contributed by atoms with Crippen LogP contribution in [0.3, 0.4) is 0 Å². The highest BCUT2D eigenvalue weighted by Crippen LogP contribution is 2.40. The van der Waals surface area contributed by atoms with Gasteiger partial charge in [0, 0.05) is 6.92 Å². The van der Waals surface area contributed by atoms with Gasteiger partial charge in [-0.1, -0.05) is 22.9 Å². The van der Waals surface area contributed by atoms with Crippen LogP contribution >= 0.6 is 22.9 Å². The summed E-state index contributed by atoms with van der Waals surface area (Å²) in [6.07, 6.45) is 2.89. The maximum atomic E-state index is 11.0. The van der Waals surface area contributed by atoms with Crippen molar-refractivity contribution in [3.05, 3.63) is 29.5 Å². The second-order valence-electron chi connectivity index (χ2n) is 5.85. The summed E-state index contributed by atoms with van der Waals surface area (Å²) in [5.74, 6) is 0.935. The lowest BCUT2D eigenvalue weighted by atomic mass is 10.3. The van der Waals surface area contributed by atoms with Crippen molar-refractivity contribution < 1.29 is 19.0 Å². The number of benzene rings is 1. The predicted octanol–water partition coefficient (Wildman–Crippen LogP) is 3.83. The third-order valence-corrected chi connectivity index (χ3v) is 4.95. The summed E-state index contributed by atoms with van der Waals surface area (Å²) in [5.41, 5.74) is 0.744. The third kappa shape index (κ3) is 4.99. The molecule has 0 aliphatic rings. The molecule has 3 rings (SSSR count). The number of carbonyl (C=O) groups excluding carboxylic acids is 1. The molecule has 1 amide bonds. The first-order chi connectivity index (χ1) is 13.5. The number of hydrogen-bond acceptors (Lipinski definition) is 8. The van der Waals surface area contributed by atoms with Crippen molar-refractivity contribution in [1.29, 1.82) is 0 Å². The fourth-order valence-electron chi connectivity index (χ4n) is 2.33. The van der Waals surface area contributed by atoms with E-state index >= 15 is 0 Å². The summed E-state index contributed by atoms with van der Waals surface area (Å²) >= 11 is 7.80. The smallest absolute Gasteiger partial charge is 0.274 e. The monoisotopic (exact) mass is 422 g/mol. The van der Waals surface area contributed by atoms with Crippen molar-refractivity contribution in [3.63, 3.8) is 0 Å². The van der Waals surface area contributed by atoms with E-state index in [2.05, 4.69) is 20.3 Å². The minimum absolute atomic E-state index is 0.117.